The van der Waals surface area contributed by atoms with Gasteiger partial charge in [0.2, 0.25) is 17.7 Å². The van der Waals surface area contributed by atoms with Crippen molar-refractivity contribution in [1.29, 1.82) is 0 Å². The normalized spacial score (nSPS) is 17.4. The molecular weight excluding hydrogens is 400 g/mol. The van der Waals surface area contributed by atoms with Crippen molar-refractivity contribution in [3.05, 3.63) is 0 Å². The zero-order valence-electron chi connectivity index (χ0n) is 17.5. The lowest BCUT2D eigenvalue weighted by atomic mass is 9.97. The fraction of sp³-hybridized carbons (Fsp3) is 0.778. The molecule has 10 nitrogen and oxygen atoms in total. The van der Waals surface area contributed by atoms with E-state index in [9.17, 15) is 29.4 Å². The number of thiol groups is 1. The molecule has 0 saturated heterocycles. The summed E-state index contributed by atoms with van der Waals surface area (Å²) in [5, 5.41) is 26.1. The van der Waals surface area contributed by atoms with Crippen LogP contribution in [-0.2, 0) is 19.2 Å². The van der Waals surface area contributed by atoms with Crippen LogP contribution in [0.2, 0.25) is 0 Å². The number of hydrogen-bond donors (Lipinski definition) is 7. The van der Waals surface area contributed by atoms with Gasteiger partial charge in [-0.1, -0.05) is 34.1 Å². The lowest BCUT2D eigenvalue weighted by Gasteiger charge is -2.28. The number of aliphatic carboxylic acids is 1. The Morgan fingerprint density at radius 2 is 1.45 bits per heavy atom. The molecule has 0 aromatic carbocycles. The fourth-order valence-electron chi connectivity index (χ4n) is 2.40. The molecule has 0 aliphatic carbocycles. The maximum atomic E-state index is 12.6. The van der Waals surface area contributed by atoms with Crippen LogP contribution < -0.4 is 21.7 Å². The summed E-state index contributed by atoms with van der Waals surface area (Å²) < 4.78 is 0. The van der Waals surface area contributed by atoms with Gasteiger partial charge < -0.3 is 31.9 Å². The fourth-order valence-corrected chi connectivity index (χ4v) is 2.65. The van der Waals surface area contributed by atoms with Crippen LogP contribution in [0.25, 0.3) is 0 Å². The van der Waals surface area contributed by atoms with Gasteiger partial charge in [0.15, 0.2) is 0 Å². The van der Waals surface area contributed by atoms with Crippen LogP contribution in [0.1, 0.15) is 41.0 Å². The van der Waals surface area contributed by atoms with E-state index < -0.39 is 54.0 Å². The molecule has 0 spiro atoms. The predicted molar refractivity (Wildman–Crippen MR) is 111 cm³/mol. The van der Waals surface area contributed by atoms with Crippen LogP contribution in [0.15, 0.2) is 0 Å². The highest BCUT2D eigenvalue weighted by atomic mass is 32.1. The van der Waals surface area contributed by atoms with Crippen LogP contribution in [0.5, 0.6) is 0 Å². The molecule has 0 aromatic rings. The monoisotopic (exact) mass is 434 g/mol. The van der Waals surface area contributed by atoms with E-state index in [1.54, 1.807) is 20.8 Å². The Balaban J connectivity index is 5.25. The van der Waals surface area contributed by atoms with Crippen molar-refractivity contribution in [1.82, 2.24) is 16.0 Å². The Hall–Kier alpha value is -1.85. The van der Waals surface area contributed by atoms with Crippen LogP contribution in [-0.4, -0.2) is 69.9 Å². The SMILES string of the molecule is CCC(C)C(NC(=O)C(NC(=O)C(CS)NC(=O)C(N)C(C)O)C(C)C)C(=O)O. The molecular formula is C18H34N4O6S. The maximum absolute atomic E-state index is 12.6. The van der Waals surface area contributed by atoms with Gasteiger partial charge in [-0.05, 0) is 18.8 Å². The third kappa shape index (κ3) is 8.58. The van der Waals surface area contributed by atoms with Crippen LogP contribution in [0.3, 0.4) is 0 Å². The third-order valence-electron chi connectivity index (χ3n) is 4.66. The molecule has 0 aromatic heterocycles. The van der Waals surface area contributed by atoms with E-state index in [-0.39, 0.29) is 17.6 Å². The van der Waals surface area contributed by atoms with E-state index in [0.717, 1.165) is 0 Å². The van der Waals surface area contributed by atoms with Crippen molar-refractivity contribution in [2.75, 3.05) is 5.75 Å². The molecule has 0 radical (unpaired) electrons. The van der Waals surface area contributed by atoms with Gasteiger partial charge in [0, 0.05) is 5.75 Å². The van der Waals surface area contributed by atoms with Crippen molar-refractivity contribution in [3.63, 3.8) is 0 Å². The predicted octanol–water partition coefficient (Wildman–Crippen LogP) is -1.13. The Bertz CT molecular complexity index is 587. The minimum Gasteiger partial charge on any atom is -0.480 e. The van der Waals surface area contributed by atoms with Crippen molar-refractivity contribution >= 4 is 36.3 Å². The van der Waals surface area contributed by atoms with E-state index in [1.165, 1.54) is 6.92 Å². The number of nitrogens with one attached hydrogen (secondary N) is 3. The third-order valence-corrected chi connectivity index (χ3v) is 5.03. The molecule has 29 heavy (non-hydrogen) atoms. The molecule has 6 unspecified atom stereocenters. The summed E-state index contributed by atoms with van der Waals surface area (Å²) in [6.45, 7) is 8.25. The first kappa shape index (κ1) is 27.1. The van der Waals surface area contributed by atoms with Gasteiger partial charge in [0.1, 0.15) is 24.2 Å². The molecule has 0 fully saturated rings. The van der Waals surface area contributed by atoms with Gasteiger partial charge in [-0.25, -0.2) is 4.79 Å². The van der Waals surface area contributed by atoms with Crippen LogP contribution in [0, 0.1) is 11.8 Å². The molecule has 0 aliphatic rings. The average Bonchev–Trinajstić information content (AvgIpc) is 2.65. The highest BCUT2D eigenvalue weighted by molar-refractivity contribution is 7.80. The summed E-state index contributed by atoms with van der Waals surface area (Å²) in [5.74, 6) is -3.91. The molecule has 7 N–H and O–H groups in total. The number of rotatable bonds is 12. The summed E-state index contributed by atoms with van der Waals surface area (Å²) in [4.78, 5) is 48.6. The molecule has 3 amide bonds. The molecule has 0 aliphatic heterocycles. The highest BCUT2D eigenvalue weighted by Gasteiger charge is 2.33. The van der Waals surface area contributed by atoms with E-state index in [2.05, 4.69) is 28.6 Å². The molecule has 0 rings (SSSR count). The topological polar surface area (TPSA) is 171 Å². The second-order valence-electron chi connectivity index (χ2n) is 7.45. The number of carboxylic acids is 1. The minimum atomic E-state index is -1.22. The quantitative estimate of drug-likeness (QED) is 0.190. The Labute approximate surface area is 176 Å². The van der Waals surface area contributed by atoms with Crippen LogP contribution >= 0.6 is 12.6 Å². The number of aliphatic hydroxyl groups excluding tert-OH is 1. The van der Waals surface area contributed by atoms with Gasteiger partial charge >= 0.3 is 5.97 Å². The Morgan fingerprint density at radius 3 is 1.83 bits per heavy atom. The summed E-state index contributed by atoms with van der Waals surface area (Å²) in [6, 6.07) is -4.41. The maximum Gasteiger partial charge on any atom is 0.326 e. The number of carboxylic acid groups (broad SMARTS) is 1. The van der Waals surface area contributed by atoms with E-state index in [1.807, 2.05) is 6.92 Å². The van der Waals surface area contributed by atoms with E-state index in [4.69, 9.17) is 5.73 Å². The smallest absolute Gasteiger partial charge is 0.326 e. The van der Waals surface area contributed by atoms with Gasteiger partial charge in [0.25, 0.3) is 0 Å². The van der Waals surface area contributed by atoms with Crippen molar-refractivity contribution in [2.45, 2.75) is 71.3 Å². The lowest BCUT2D eigenvalue weighted by molar-refractivity contribution is -0.144. The number of carbonyl (C=O) groups excluding carboxylic acids is 3. The van der Waals surface area contributed by atoms with E-state index in [0.29, 0.717) is 6.42 Å². The summed E-state index contributed by atoms with van der Waals surface area (Å²) in [7, 11) is 0. The van der Waals surface area contributed by atoms with Gasteiger partial charge in [-0.3, -0.25) is 14.4 Å². The number of nitrogens with two attached hydrogens (primary N) is 1. The van der Waals surface area contributed by atoms with Crippen molar-refractivity contribution in [3.8, 4) is 0 Å². The standard InChI is InChI=1S/C18H34N4O6S/c1-6-9(4)14(18(27)28)22-17(26)13(8(2)3)21-15(24)11(7-29)20-16(25)12(19)10(5)23/h8-14,23,29H,6-7,19H2,1-5H3,(H,20,25)(H,21,24)(H,22,26)(H,27,28). The largest absolute Gasteiger partial charge is 0.480 e. The van der Waals surface area contributed by atoms with E-state index >= 15 is 0 Å². The number of hydrogen-bond acceptors (Lipinski definition) is 7. The lowest BCUT2D eigenvalue weighted by Crippen LogP contribution is -2.60. The van der Waals surface area contributed by atoms with Gasteiger partial charge in [-0.15, -0.1) is 0 Å². The van der Waals surface area contributed by atoms with Crippen LogP contribution in [0.4, 0.5) is 0 Å². The first-order valence-corrected chi connectivity index (χ1v) is 10.2. The first-order chi connectivity index (χ1) is 13.4. The number of aliphatic hydroxyl groups is 1. The summed E-state index contributed by atoms with van der Waals surface area (Å²) in [6.07, 6.45) is -0.561. The average molecular weight is 435 g/mol. The summed E-state index contributed by atoms with van der Waals surface area (Å²) >= 11 is 4.04. The molecule has 11 heteroatoms. The highest BCUT2D eigenvalue weighted by Crippen LogP contribution is 2.10. The second kappa shape index (κ2) is 12.7. The second-order valence-corrected chi connectivity index (χ2v) is 7.82. The van der Waals surface area contributed by atoms with Crippen molar-refractivity contribution in [2.24, 2.45) is 17.6 Å². The molecule has 0 bridgehead atoms. The zero-order chi connectivity index (χ0) is 22.9. The first-order valence-electron chi connectivity index (χ1n) is 9.55. The molecule has 6 atom stereocenters. The Kier molecular flexibility index (Phi) is 11.8. The zero-order valence-corrected chi connectivity index (χ0v) is 18.4. The molecule has 0 heterocycles. The molecule has 0 saturated carbocycles. The number of carbonyl (C=O) groups is 4. The van der Waals surface area contributed by atoms with Gasteiger partial charge in [-0.2, -0.15) is 12.6 Å². The minimum absolute atomic E-state index is 0.0683. The van der Waals surface area contributed by atoms with Gasteiger partial charge in [0.05, 0.1) is 6.10 Å². The summed E-state index contributed by atoms with van der Waals surface area (Å²) in [5.41, 5.74) is 5.55. The van der Waals surface area contributed by atoms with Crippen molar-refractivity contribution < 1.29 is 29.4 Å². The molecule has 168 valence electrons. The Morgan fingerprint density at radius 1 is 0.931 bits per heavy atom. The number of amides is 3.